The van der Waals surface area contributed by atoms with Crippen molar-refractivity contribution in [2.75, 3.05) is 19.7 Å². The maximum absolute atomic E-state index is 12.0. The van der Waals surface area contributed by atoms with Crippen molar-refractivity contribution in [2.24, 2.45) is 0 Å². The number of carbonyl (C=O) groups is 1. The van der Waals surface area contributed by atoms with Crippen LogP contribution in [0, 0.1) is 0 Å². The molecule has 1 fully saturated rings. The Morgan fingerprint density at radius 3 is 2.95 bits per heavy atom. The second kappa shape index (κ2) is 6.13. The predicted molar refractivity (Wildman–Crippen MR) is 77.5 cm³/mol. The van der Waals surface area contributed by atoms with E-state index in [2.05, 4.69) is 21.0 Å². The maximum atomic E-state index is 12.0. The van der Waals surface area contributed by atoms with Gasteiger partial charge in [-0.3, -0.25) is 4.68 Å². The quantitative estimate of drug-likeness (QED) is 0.825. The van der Waals surface area contributed by atoms with Crippen molar-refractivity contribution in [1.29, 1.82) is 0 Å². The topological polar surface area (TPSA) is 56.6 Å². The first-order valence-corrected chi connectivity index (χ1v) is 7.40. The molecule has 0 bridgehead atoms. The lowest BCUT2D eigenvalue weighted by atomic mass is 10.2. The lowest BCUT2D eigenvalue weighted by Crippen LogP contribution is -2.48. The van der Waals surface area contributed by atoms with E-state index in [1.54, 1.807) is 15.8 Å². The van der Waals surface area contributed by atoms with Crippen molar-refractivity contribution in [2.45, 2.75) is 39.0 Å². The van der Waals surface area contributed by atoms with Gasteiger partial charge in [-0.1, -0.05) is 0 Å². The summed E-state index contributed by atoms with van der Waals surface area (Å²) in [5, 5.41) is 4.19. The molecule has 20 heavy (non-hydrogen) atoms. The second-order valence-corrected chi connectivity index (χ2v) is 6.72. The molecule has 0 aromatic carbocycles. The van der Waals surface area contributed by atoms with Crippen LogP contribution in [0.1, 0.15) is 20.8 Å². The Bertz CT molecular complexity index is 470. The van der Waals surface area contributed by atoms with Crippen molar-refractivity contribution >= 4 is 22.0 Å². The number of hydrogen-bond donors (Lipinski definition) is 0. The number of nitrogens with zero attached hydrogens (tertiary/aromatic N) is 3. The van der Waals surface area contributed by atoms with Gasteiger partial charge in [0.2, 0.25) is 0 Å². The standard InChI is InChI=1S/C13H20BrN3O3/c1-13(2,3)20-12(18)16-4-5-19-11(8-16)9-17-7-10(14)6-15-17/h6-7,11H,4-5,8-9H2,1-3H3. The van der Waals surface area contributed by atoms with E-state index in [4.69, 9.17) is 9.47 Å². The summed E-state index contributed by atoms with van der Waals surface area (Å²) in [6.45, 7) is 7.82. The van der Waals surface area contributed by atoms with Gasteiger partial charge in [0.05, 0.1) is 36.5 Å². The highest BCUT2D eigenvalue weighted by atomic mass is 79.9. The highest BCUT2D eigenvalue weighted by Gasteiger charge is 2.28. The predicted octanol–water partition coefficient (Wildman–Crippen LogP) is 2.28. The minimum atomic E-state index is -0.474. The van der Waals surface area contributed by atoms with Crippen LogP contribution in [0.3, 0.4) is 0 Å². The van der Waals surface area contributed by atoms with Gasteiger partial charge >= 0.3 is 6.09 Å². The highest BCUT2D eigenvalue weighted by Crippen LogP contribution is 2.14. The summed E-state index contributed by atoms with van der Waals surface area (Å²) in [5.74, 6) is 0. The lowest BCUT2D eigenvalue weighted by molar-refractivity contribution is -0.0483. The van der Waals surface area contributed by atoms with Crippen LogP contribution < -0.4 is 0 Å². The smallest absolute Gasteiger partial charge is 0.410 e. The van der Waals surface area contributed by atoms with Crippen molar-refractivity contribution in [1.82, 2.24) is 14.7 Å². The van der Waals surface area contributed by atoms with Crippen LogP contribution in [0.2, 0.25) is 0 Å². The average Bonchev–Trinajstić information content (AvgIpc) is 2.73. The van der Waals surface area contributed by atoms with Gasteiger partial charge in [0, 0.05) is 12.7 Å². The zero-order valence-electron chi connectivity index (χ0n) is 12.0. The zero-order valence-corrected chi connectivity index (χ0v) is 13.6. The van der Waals surface area contributed by atoms with Crippen LogP contribution in [0.4, 0.5) is 4.79 Å². The Morgan fingerprint density at radius 2 is 2.35 bits per heavy atom. The summed E-state index contributed by atoms with van der Waals surface area (Å²) < 4.78 is 13.8. The number of rotatable bonds is 2. The molecule has 0 spiro atoms. The zero-order chi connectivity index (χ0) is 14.8. The molecular weight excluding hydrogens is 326 g/mol. The summed E-state index contributed by atoms with van der Waals surface area (Å²) in [6.07, 6.45) is 3.26. The van der Waals surface area contributed by atoms with Crippen LogP contribution in [0.15, 0.2) is 16.9 Å². The van der Waals surface area contributed by atoms with Crippen molar-refractivity contribution in [3.63, 3.8) is 0 Å². The maximum Gasteiger partial charge on any atom is 0.410 e. The molecule has 112 valence electrons. The lowest BCUT2D eigenvalue weighted by Gasteiger charge is -2.34. The van der Waals surface area contributed by atoms with E-state index in [0.717, 1.165) is 4.47 Å². The third kappa shape index (κ3) is 4.49. The Balaban J connectivity index is 1.90. The van der Waals surface area contributed by atoms with E-state index in [1.165, 1.54) is 0 Å². The van der Waals surface area contributed by atoms with Gasteiger partial charge in [-0.2, -0.15) is 5.10 Å². The normalized spacial score (nSPS) is 20.0. The monoisotopic (exact) mass is 345 g/mol. The van der Waals surface area contributed by atoms with Gasteiger partial charge in [0.25, 0.3) is 0 Å². The summed E-state index contributed by atoms with van der Waals surface area (Å²) in [4.78, 5) is 13.7. The molecule has 0 saturated carbocycles. The molecule has 0 N–H and O–H groups in total. The fourth-order valence-corrected chi connectivity index (χ4v) is 2.30. The minimum absolute atomic E-state index is 0.0666. The molecule has 2 rings (SSSR count). The molecule has 1 aromatic heterocycles. The SMILES string of the molecule is CC(C)(C)OC(=O)N1CCOC(Cn2cc(Br)cn2)C1. The number of hydrogen-bond acceptors (Lipinski definition) is 4. The largest absolute Gasteiger partial charge is 0.444 e. The van der Waals surface area contributed by atoms with E-state index in [1.807, 2.05) is 27.0 Å². The van der Waals surface area contributed by atoms with Crippen LogP contribution in [-0.4, -0.2) is 52.2 Å². The summed E-state index contributed by atoms with van der Waals surface area (Å²) >= 11 is 3.36. The third-order valence-corrected chi connectivity index (χ3v) is 3.19. The highest BCUT2D eigenvalue weighted by molar-refractivity contribution is 9.10. The molecule has 1 atom stereocenters. The second-order valence-electron chi connectivity index (χ2n) is 5.80. The number of carbonyl (C=O) groups excluding carboxylic acids is 1. The summed E-state index contributed by atoms with van der Waals surface area (Å²) in [6, 6.07) is 0. The van der Waals surface area contributed by atoms with Crippen LogP contribution in [0.25, 0.3) is 0 Å². The Labute approximate surface area is 127 Å². The molecule has 1 unspecified atom stereocenters. The number of halogens is 1. The van der Waals surface area contributed by atoms with Gasteiger partial charge in [-0.05, 0) is 36.7 Å². The van der Waals surface area contributed by atoms with Crippen LogP contribution in [-0.2, 0) is 16.0 Å². The van der Waals surface area contributed by atoms with E-state index < -0.39 is 5.60 Å². The average molecular weight is 346 g/mol. The number of amides is 1. The third-order valence-electron chi connectivity index (χ3n) is 2.78. The Kier molecular flexibility index (Phi) is 4.70. The first kappa shape index (κ1) is 15.3. The van der Waals surface area contributed by atoms with E-state index in [9.17, 15) is 4.79 Å². The van der Waals surface area contributed by atoms with Gasteiger partial charge < -0.3 is 14.4 Å². The molecule has 1 aliphatic heterocycles. The first-order valence-electron chi connectivity index (χ1n) is 6.61. The molecule has 1 aliphatic rings. The minimum Gasteiger partial charge on any atom is -0.444 e. The molecule has 6 nitrogen and oxygen atoms in total. The molecule has 1 amide bonds. The van der Waals surface area contributed by atoms with E-state index in [-0.39, 0.29) is 12.2 Å². The first-order chi connectivity index (χ1) is 9.33. The molecule has 7 heteroatoms. The van der Waals surface area contributed by atoms with Gasteiger partial charge in [-0.15, -0.1) is 0 Å². The summed E-state index contributed by atoms with van der Waals surface area (Å²) in [5.41, 5.74) is -0.474. The molecule has 0 aliphatic carbocycles. The Hall–Kier alpha value is -1.08. The molecule has 2 heterocycles. The molecule has 1 aromatic rings. The number of aromatic nitrogens is 2. The van der Waals surface area contributed by atoms with Gasteiger partial charge in [0.1, 0.15) is 5.60 Å². The van der Waals surface area contributed by atoms with Gasteiger partial charge in [-0.25, -0.2) is 4.79 Å². The fourth-order valence-electron chi connectivity index (χ4n) is 1.97. The molecule has 0 radical (unpaired) electrons. The van der Waals surface area contributed by atoms with E-state index in [0.29, 0.717) is 26.2 Å². The number of ether oxygens (including phenoxy) is 2. The summed E-state index contributed by atoms with van der Waals surface area (Å²) in [7, 11) is 0. The van der Waals surface area contributed by atoms with Crippen molar-refractivity contribution in [3.05, 3.63) is 16.9 Å². The molecular formula is C13H20BrN3O3. The Morgan fingerprint density at radius 1 is 1.60 bits per heavy atom. The van der Waals surface area contributed by atoms with Crippen molar-refractivity contribution < 1.29 is 14.3 Å². The van der Waals surface area contributed by atoms with Crippen molar-refractivity contribution in [3.8, 4) is 0 Å². The van der Waals surface area contributed by atoms with E-state index >= 15 is 0 Å². The van der Waals surface area contributed by atoms with Crippen LogP contribution >= 0.6 is 15.9 Å². The number of morpholine rings is 1. The molecule has 1 saturated heterocycles. The fraction of sp³-hybridized carbons (Fsp3) is 0.692. The van der Waals surface area contributed by atoms with Crippen LogP contribution in [0.5, 0.6) is 0 Å². The van der Waals surface area contributed by atoms with Gasteiger partial charge in [0.15, 0.2) is 0 Å².